The highest BCUT2D eigenvalue weighted by Crippen LogP contribution is 2.21. The summed E-state index contributed by atoms with van der Waals surface area (Å²) in [7, 11) is 0. The predicted octanol–water partition coefficient (Wildman–Crippen LogP) is 4.57. The fourth-order valence-corrected chi connectivity index (χ4v) is 2.73. The van der Waals surface area contributed by atoms with E-state index >= 15 is 0 Å². The van der Waals surface area contributed by atoms with Crippen LogP contribution in [0.5, 0.6) is 0 Å². The van der Waals surface area contributed by atoms with Gasteiger partial charge >= 0.3 is 0 Å². The minimum Gasteiger partial charge on any atom is -0.310 e. The summed E-state index contributed by atoms with van der Waals surface area (Å²) >= 11 is 3.73. The third-order valence-corrected chi connectivity index (χ3v) is 4.18. The van der Waals surface area contributed by atoms with E-state index < -0.39 is 0 Å². The second kappa shape index (κ2) is 8.81. The number of hydrogen-bond acceptors (Lipinski definition) is 2. The van der Waals surface area contributed by atoms with Gasteiger partial charge in [0.15, 0.2) is 0 Å². The molecule has 1 rings (SSSR count). The summed E-state index contributed by atoms with van der Waals surface area (Å²) in [5.41, 5.74) is 2.71. The van der Waals surface area contributed by atoms with Gasteiger partial charge in [-0.3, -0.25) is 4.90 Å². The Morgan fingerprint density at radius 2 is 1.90 bits per heavy atom. The highest BCUT2D eigenvalue weighted by Gasteiger charge is 2.11. The van der Waals surface area contributed by atoms with Gasteiger partial charge in [-0.25, -0.2) is 0 Å². The van der Waals surface area contributed by atoms with Crippen LogP contribution in [0.25, 0.3) is 0 Å². The quantitative estimate of drug-likeness (QED) is 0.745. The van der Waals surface area contributed by atoms with Crippen LogP contribution in [-0.4, -0.2) is 23.5 Å². The van der Waals surface area contributed by atoms with E-state index in [1.54, 1.807) is 0 Å². The normalized spacial score (nSPS) is 11.8. The molecular formula is C17H29BrN2. The summed E-state index contributed by atoms with van der Waals surface area (Å²) in [6, 6.07) is 7.85. The Morgan fingerprint density at radius 1 is 1.20 bits per heavy atom. The van der Waals surface area contributed by atoms with Crippen LogP contribution in [-0.2, 0) is 13.1 Å². The van der Waals surface area contributed by atoms with Crippen LogP contribution in [0.1, 0.15) is 52.2 Å². The van der Waals surface area contributed by atoms with Crippen molar-refractivity contribution in [2.75, 3.05) is 6.54 Å². The third-order valence-electron chi connectivity index (χ3n) is 3.45. The van der Waals surface area contributed by atoms with Gasteiger partial charge in [0, 0.05) is 29.6 Å². The molecule has 0 aliphatic rings. The summed E-state index contributed by atoms with van der Waals surface area (Å²) in [5, 5.41) is 3.46. The van der Waals surface area contributed by atoms with Crippen LogP contribution in [0.2, 0.25) is 0 Å². The summed E-state index contributed by atoms with van der Waals surface area (Å²) in [6.45, 7) is 14.2. The Hall–Kier alpha value is -0.380. The minimum atomic E-state index is 0.523. The van der Waals surface area contributed by atoms with Crippen molar-refractivity contribution in [3.8, 4) is 0 Å². The van der Waals surface area contributed by atoms with E-state index in [4.69, 9.17) is 0 Å². The zero-order valence-electron chi connectivity index (χ0n) is 13.5. The molecule has 0 saturated carbocycles. The number of hydrogen-bond donors (Lipinski definition) is 1. The summed E-state index contributed by atoms with van der Waals surface area (Å²) in [4.78, 5) is 2.52. The highest BCUT2D eigenvalue weighted by atomic mass is 79.9. The first-order valence-corrected chi connectivity index (χ1v) is 8.48. The lowest BCUT2D eigenvalue weighted by Gasteiger charge is -2.26. The van der Waals surface area contributed by atoms with Gasteiger partial charge in [-0.15, -0.1) is 0 Å². The van der Waals surface area contributed by atoms with Crippen molar-refractivity contribution in [2.24, 2.45) is 0 Å². The van der Waals surface area contributed by atoms with Crippen LogP contribution in [0.4, 0.5) is 0 Å². The molecule has 1 aromatic carbocycles. The number of halogens is 1. The molecule has 0 bridgehead atoms. The van der Waals surface area contributed by atoms with Gasteiger partial charge in [0.05, 0.1) is 0 Å². The molecule has 0 unspecified atom stereocenters. The van der Waals surface area contributed by atoms with E-state index in [2.05, 4.69) is 79.0 Å². The monoisotopic (exact) mass is 340 g/mol. The van der Waals surface area contributed by atoms with Crippen LogP contribution < -0.4 is 5.32 Å². The van der Waals surface area contributed by atoms with Crippen LogP contribution in [0, 0.1) is 0 Å². The Morgan fingerprint density at radius 3 is 2.40 bits per heavy atom. The van der Waals surface area contributed by atoms with Crippen molar-refractivity contribution in [2.45, 2.75) is 66.2 Å². The first kappa shape index (κ1) is 17.7. The topological polar surface area (TPSA) is 15.3 Å². The third kappa shape index (κ3) is 5.94. The van der Waals surface area contributed by atoms with Crippen molar-refractivity contribution in [1.82, 2.24) is 10.2 Å². The molecule has 0 radical (unpaired) electrons. The molecule has 0 fully saturated rings. The fourth-order valence-electron chi connectivity index (χ4n) is 2.18. The van der Waals surface area contributed by atoms with Crippen LogP contribution in [0.3, 0.4) is 0 Å². The zero-order chi connectivity index (χ0) is 15.1. The van der Waals surface area contributed by atoms with Gasteiger partial charge in [-0.05, 0) is 44.0 Å². The zero-order valence-corrected chi connectivity index (χ0v) is 15.1. The number of nitrogens with one attached hydrogen (secondary N) is 1. The molecule has 20 heavy (non-hydrogen) atoms. The molecule has 1 N–H and O–H groups in total. The Kier molecular flexibility index (Phi) is 7.78. The number of rotatable bonds is 8. The van der Waals surface area contributed by atoms with Gasteiger partial charge in [0.1, 0.15) is 0 Å². The first-order valence-electron chi connectivity index (χ1n) is 7.68. The van der Waals surface area contributed by atoms with Crippen molar-refractivity contribution in [1.29, 1.82) is 0 Å². The smallest absolute Gasteiger partial charge is 0.0247 e. The molecule has 0 atom stereocenters. The maximum absolute atomic E-state index is 3.73. The average Bonchev–Trinajstić information content (AvgIpc) is 2.38. The van der Waals surface area contributed by atoms with Crippen molar-refractivity contribution in [3.63, 3.8) is 0 Å². The van der Waals surface area contributed by atoms with Crippen LogP contribution in [0.15, 0.2) is 22.7 Å². The van der Waals surface area contributed by atoms with E-state index in [0.717, 1.165) is 19.6 Å². The predicted molar refractivity (Wildman–Crippen MR) is 92.0 cm³/mol. The number of nitrogens with zero attached hydrogens (tertiary/aromatic N) is 1. The molecule has 3 heteroatoms. The molecule has 0 aromatic heterocycles. The maximum atomic E-state index is 3.73. The lowest BCUT2D eigenvalue weighted by molar-refractivity contribution is 0.213. The van der Waals surface area contributed by atoms with E-state index in [1.807, 2.05) is 0 Å². The molecule has 0 spiro atoms. The molecular weight excluding hydrogens is 312 g/mol. The lowest BCUT2D eigenvalue weighted by atomic mass is 10.1. The molecule has 0 saturated heterocycles. The summed E-state index contributed by atoms with van der Waals surface area (Å²) in [6.07, 6.45) is 1.20. The van der Waals surface area contributed by atoms with Crippen molar-refractivity contribution >= 4 is 15.9 Å². The molecule has 2 nitrogen and oxygen atoms in total. The molecule has 0 heterocycles. The Balaban J connectivity index is 2.71. The summed E-state index contributed by atoms with van der Waals surface area (Å²) in [5.74, 6) is 0. The second-order valence-electron chi connectivity index (χ2n) is 6.03. The first-order chi connectivity index (χ1) is 9.43. The largest absolute Gasteiger partial charge is 0.310 e. The highest BCUT2D eigenvalue weighted by molar-refractivity contribution is 9.10. The van der Waals surface area contributed by atoms with Crippen molar-refractivity contribution in [3.05, 3.63) is 33.8 Å². The van der Waals surface area contributed by atoms with Gasteiger partial charge in [0.25, 0.3) is 0 Å². The summed E-state index contributed by atoms with van der Waals surface area (Å²) < 4.78 is 1.22. The maximum Gasteiger partial charge on any atom is 0.0247 e. The van der Waals surface area contributed by atoms with Gasteiger partial charge < -0.3 is 5.32 Å². The average molecular weight is 341 g/mol. The Labute approximate surface area is 133 Å². The van der Waals surface area contributed by atoms with Gasteiger partial charge in [-0.2, -0.15) is 0 Å². The van der Waals surface area contributed by atoms with Crippen molar-refractivity contribution < 1.29 is 0 Å². The van der Waals surface area contributed by atoms with E-state index in [9.17, 15) is 0 Å². The molecule has 0 amide bonds. The molecule has 1 aromatic rings. The lowest BCUT2D eigenvalue weighted by Crippen LogP contribution is -2.31. The minimum absolute atomic E-state index is 0.523. The second-order valence-corrected chi connectivity index (χ2v) is 6.88. The standard InChI is InChI=1S/C17H29BrN2/c1-6-9-20(14(4)5)12-16-8-7-15(10-17(16)18)11-19-13(2)3/h7-8,10,13-14,19H,6,9,11-12H2,1-5H3. The van der Waals surface area contributed by atoms with E-state index in [0.29, 0.717) is 12.1 Å². The Bertz CT molecular complexity index is 402. The molecule has 114 valence electrons. The number of benzene rings is 1. The van der Waals surface area contributed by atoms with E-state index in [1.165, 1.54) is 22.0 Å². The SMILES string of the molecule is CCCN(Cc1ccc(CNC(C)C)cc1Br)C(C)C. The molecule has 0 aliphatic heterocycles. The van der Waals surface area contributed by atoms with Crippen LogP contribution >= 0.6 is 15.9 Å². The molecule has 0 aliphatic carbocycles. The van der Waals surface area contributed by atoms with Gasteiger partial charge in [-0.1, -0.05) is 48.8 Å². The van der Waals surface area contributed by atoms with E-state index in [-0.39, 0.29) is 0 Å². The van der Waals surface area contributed by atoms with Gasteiger partial charge in [0.2, 0.25) is 0 Å². The fraction of sp³-hybridized carbons (Fsp3) is 0.647.